The van der Waals surface area contributed by atoms with Crippen molar-refractivity contribution in [2.45, 2.75) is 13.0 Å². The highest BCUT2D eigenvalue weighted by Crippen LogP contribution is 2.23. The van der Waals surface area contributed by atoms with Gasteiger partial charge in [0.1, 0.15) is 5.75 Å². The number of nitrogens with zero attached hydrogens (tertiary/aromatic N) is 3. The fourth-order valence-corrected chi connectivity index (χ4v) is 2.52. The van der Waals surface area contributed by atoms with E-state index in [-0.39, 0.29) is 11.9 Å². The highest BCUT2D eigenvalue weighted by Gasteiger charge is 2.19. The SMILES string of the molecule is COc1ccc(Cl)cc1C(=O)N[C@H](C)c1nnc2ccccn12. The minimum Gasteiger partial charge on any atom is -0.496 e. The van der Waals surface area contributed by atoms with Crippen molar-refractivity contribution in [1.82, 2.24) is 19.9 Å². The van der Waals surface area contributed by atoms with Crippen molar-refractivity contribution >= 4 is 23.2 Å². The molecule has 0 saturated carbocycles. The molecule has 23 heavy (non-hydrogen) atoms. The van der Waals surface area contributed by atoms with Crippen LogP contribution >= 0.6 is 11.6 Å². The Balaban J connectivity index is 1.87. The van der Waals surface area contributed by atoms with Gasteiger partial charge in [0.05, 0.1) is 18.7 Å². The summed E-state index contributed by atoms with van der Waals surface area (Å²) < 4.78 is 7.04. The van der Waals surface area contributed by atoms with Crippen LogP contribution in [0.3, 0.4) is 0 Å². The molecule has 1 atom stereocenters. The average molecular weight is 331 g/mol. The monoisotopic (exact) mass is 330 g/mol. The van der Waals surface area contributed by atoms with Crippen LogP contribution in [0.25, 0.3) is 5.65 Å². The van der Waals surface area contributed by atoms with Crippen molar-refractivity contribution in [3.8, 4) is 5.75 Å². The van der Waals surface area contributed by atoms with Crippen LogP contribution in [0, 0.1) is 0 Å². The van der Waals surface area contributed by atoms with E-state index in [2.05, 4.69) is 15.5 Å². The topological polar surface area (TPSA) is 68.5 Å². The minimum absolute atomic E-state index is 0.287. The number of carbonyl (C=O) groups excluding carboxylic acids is 1. The lowest BCUT2D eigenvalue weighted by Crippen LogP contribution is -2.28. The maximum atomic E-state index is 12.5. The van der Waals surface area contributed by atoms with E-state index in [1.807, 2.05) is 35.7 Å². The number of carbonyl (C=O) groups is 1. The zero-order chi connectivity index (χ0) is 16.4. The van der Waals surface area contributed by atoms with E-state index in [4.69, 9.17) is 16.3 Å². The van der Waals surface area contributed by atoms with Gasteiger partial charge in [-0.25, -0.2) is 0 Å². The maximum absolute atomic E-state index is 12.5. The van der Waals surface area contributed by atoms with E-state index >= 15 is 0 Å². The van der Waals surface area contributed by atoms with Gasteiger partial charge in [-0.15, -0.1) is 10.2 Å². The van der Waals surface area contributed by atoms with Crippen molar-refractivity contribution in [2.24, 2.45) is 0 Å². The first kappa shape index (κ1) is 15.3. The first-order valence-electron chi connectivity index (χ1n) is 7.04. The number of amides is 1. The molecule has 3 rings (SSSR count). The van der Waals surface area contributed by atoms with E-state index in [0.717, 1.165) is 5.65 Å². The first-order valence-corrected chi connectivity index (χ1v) is 7.42. The number of benzene rings is 1. The number of methoxy groups -OCH3 is 1. The Morgan fingerprint density at radius 1 is 1.30 bits per heavy atom. The highest BCUT2D eigenvalue weighted by molar-refractivity contribution is 6.31. The molecule has 0 saturated heterocycles. The third-order valence-corrected chi connectivity index (χ3v) is 3.72. The van der Waals surface area contributed by atoms with Crippen molar-refractivity contribution in [2.75, 3.05) is 7.11 Å². The lowest BCUT2D eigenvalue weighted by molar-refractivity contribution is 0.0935. The molecule has 1 amide bonds. The standard InChI is InChI=1S/C16H15ClN4O2/c1-10(15-20-19-14-5-3-4-8-21(14)15)18-16(22)12-9-11(17)6-7-13(12)23-2/h3-10H,1-2H3,(H,18,22)/t10-/m1/s1. The van der Waals surface area contributed by atoms with Crippen molar-refractivity contribution in [3.05, 3.63) is 59.0 Å². The lowest BCUT2D eigenvalue weighted by Gasteiger charge is -2.14. The molecule has 3 aromatic rings. The van der Waals surface area contributed by atoms with E-state index in [1.54, 1.807) is 18.2 Å². The summed E-state index contributed by atoms with van der Waals surface area (Å²) in [6, 6.07) is 10.2. The summed E-state index contributed by atoms with van der Waals surface area (Å²) in [5.41, 5.74) is 1.10. The number of nitrogens with one attached hydrogen (secondary N) is 1. The Kier molecular flexibility index (Phi) is 4.16. The second-order valence-corrected chi connectivity index (χ2v) is 5.46. The Bertz CT molecular complexity index is 862. The van der Waals surface area contributed by atoms with Crippen LogP contribution < -0.4 is 10.1 Å². The van der Waals surface area contributed by atoms with Crippen LogP contribution in [0.2, 0.25) is 5.02 Å². The molecule has 1 aromatic carbocycles. The van der Waals surface area contributed by atoms with Crippen molar-refractivity contribution in [3.63, 3.8) is 0 Å². The second-order valence-electron chi connectivity index (χ2n) is 5.03. The van der Waals surface area contributed by atoms with E-state index in [9.17, 15) is 4.79 Å². The number of pyridine rings is 1. The Labute approximate surface area is 138 Å². The fourth-order valence-electron chi connectivity index (χ4n) is 2.35. The quantitative estimate of drug-likeness (QED) is 0.798. The summed E-state index contributed by atoms with van der Waals surface area (Å²) in [4.78, 5) is 12.5. The molecule has 0 spiro atoms. The molecule has 0 aliphatic carbocycles. The van der Waals surface area contributed by atoms with Gasteiger partial charge in [0, 0.05) is 11.2 Å². The van der Waals surface area contributed by atoms with Crippen LogP contribution in [0.15, 0.2) is 42.6 Å². The second kappa shape index (κ2) is 6.26. The number of hydrogen-bond donors (Lipinski definition) is 1. The number of ether oxygens (including phenoxy) is 1. The average Bonchev–Trinajstić information content (AvgIpc) is 2.98. The van der Waals surface area contributed by atoms with Crippen LogP contribution in [0.5, 0.6) is 5.75 Å². The van der Waals surface area contributed by atoms with Gasteiger partial charge in [-0.3, -0.25) is 9.20 Å². The summed E-state index contributed by atoms with van der Waals surface area (Å²) in [5, 5.41) is 11.6. The number of aromatic nitrogens is 3. The molecular weight excluding hydrogens is 316 g/mol. The Morgan fingerprint density at radius 3 is 2.91 bits per heavy atom. The van der Waals surface area contributed by atoms with E-state index < -0.39 is 0 Å². The van der Waals surface area contributed by atoms with Gasteiger partial charge < -0.3 is 10.1 Å². The van der Waals surface area contributed by atoms with Gasteiger partial charge in [-0.2, -0.15) is 0 Å². The summed E-state index contributed by atoms with van der Waals surface area (Å²) in [6.07, 6.45) is 1.85. The molecule has 0 fully saturated rings. The van der Waals surface area contributed by atoms with Gasteiger partial charge in [0.15, 0.2) is 11.5 Å². The minimum atomic E-state index is -0.330. The highest BCUT2D eigenvalue weighted by atomic mass is 35.5. The third kappa shape index (κ3) is 2.98. The van der Waals surface area contributed by atoms with Gasteiger partial charge in [0.2, 0.25) is 0 Å². The summed E-state index contributed by atoms with van der Waals surface area (Å²) >= 11 is 5.97. The van der Waals surface area contributed by atoms with E-state index in [1.165, 1.54) is 7.11 Å². The fraction of sp³-hybridized carbons (Fsp3) is 0.188. The smallest absolute Gasteiger partial charge is 0.255 e. The van der Waals surface area contributed by atoms with E-state index in [0.29, 0.717) is 22.2 Å². The Morgan fingerprint density at radius 2 is 2.13 bits per heavy atom. The molecule has 118 valence electrons. The third-order valence-electron chi connectivity index (χ3n) is 3.48. The summed E-state index contributed by atoms with van der Waals surface area (Å²) in [5.74, 6) is 0.824. The van der Waals surface area contributed by atoms with Gasteiger partial charge in [-0.1, -0.05) is 17.7 Å². The molecule has 2 heterocycles. The predicted octanol–water partition coefficient (Wildman–Crippen LogP) is 2.88. The molecule has 1 N–H and O–H groups in total. The van der Waals surface area contributed by atoms with Gasteiger partial charge in [0.25, 0.3) is 5.91 Å². The molecule has 2 aromatic heterocycles. The predicted molar refractivity (Wildman–Crippen MR) is 86.9 cm³/mol. The summed E-state index contributed by atoms with van der Waals surface area (Å²) in [6.45, 7) is 1.85. The molecule has 0 unspecified atom stereocenters. The Hall–Kier alpha value is -2.60. The largest absolute Gasteiger partial charge is 0.496 e. The van der Waals surface area contributed by atoms with Crippen LogP contribution in [0.4, 0.5) is 0 Å². The molecule has 7 heteroatoms. The number of rotatable bonds is 4. The van der Waals surface area contributed by atoms with Crippen LogP contribution in [-0.4, -0.2) is 27.6 Å². The van der Waals surface area contributed by atoms with Crippen LogP contribution in [-0.2, 0) is 0 Å². The molecular formula is C16H15ClN4O2. The first-order chi connectivity index (χ1) is 11.1. The zero-order valence-corrected chi connectivity index (χ0v) is 13.4. The molecule has 6 nitrogen and oxygen atoms in total. The molecule has 0 bridgehead atoms. The number of halogens is 1. The molecule has 0 aliphatic heterocycles. The normalized spacial score (nSPS) is 12.1. The van der Waals surface area contributed by atoms with Crippen LogP contribution in [0.1, 0.15) is 29.1 Å². The maximum Gasteiger partial charge on any atom is 0.255 e. The molecule has 0 aliphatic rings. The van der Waals surface area contributed by atoms with Gasteiger partial charge >= 0.3 is 0 Å². The van der Waals surface area contributed by atoms with Crippen molar-refractivity contribution < 1.29 is 9.53 Å². The summed E-state index contributed by atoms with van der Waals surface area (Å²) in [7, 11) is 1.51. The van der Waals surface area contributed by atoms with Gasteiger partial charge in [-0.05, 0) is 37.3 Å². The molecule has 0 radical (unpaired) electrons. The van der Waals surface area contributed by atoms with Crippen molar-refractivity contribution in [1.29, 1.82) is 0 Å². The number of hydrogen-bond acceptors (Lipinski definition) is 4. The number of fused-ring (bicyclic) bond motifs is 1. The lowest BCUT2D eigenvalue weighted by atomic mass is 10.1. The zero-order valence-electron chi connectivity index (χ0n) is 12.7.